The molecule has 0 aromatic heterocycles. The Bertz CT molecular complexity index is 880. The Hall–Kier alpha value is -1.98. The summed E-state index contributed by atoms with van der Waals surface area (Å²) in [5.74, 6) is 0. The molecule has 0 aliphatic carbocycles. The van der Waals surface area contributed by atoms with Gasteiger partial charge in [0.05, 0.1) is 0 Å². The number of hydrogen-bond acceptors (Lipinski definition) is 1. The lowest BCUT2D eigenvalue weighted by Crippen LogP contribution is -1.95. The van der Waals surface area contributed by atoms with E-state index in [9.17, 15) is 4.57 Å². The van der Waals surface area contributed by atoms with E-state index in [0.29, 0.717) is 0 Å². The highest BCUT2D eigenvalue weighted by atomic mass is 31.1. The summed E-state index contributed by atoms with van der Waals surface area (Å²) < 4.78 is 11.3. The number of hydrogen-bond donors (Lipinski definition) is 0. The van der Waals surface area contributed by atoms with E-state index in [1.165, 1.54) is 26.9 Å². The lowest BCUT2D eigenvalue weighted by atomic mass is 9.94. The Kier molecular flexibility index (Phi) is 1.95. The highest BCUT2D eigenvalue weighted by molar-refractivity contribution is 7.35. The Morgan fingerprint density at radius 3 is 2.00 bits per heavy atom. The first kappa shape index (κ1) is 9.99. The van der Waals surface area contributed by atoms with Gasteiger partial charge < -0.3 is 0 Å². The molecule has 1 atom stereocenters. The van der Waals surface area contributed by atoms with Gasteiger partial charge >= 0.3 is 8.46 Å². The van der Waals surface area contributed by atoms with Crippen molar-refractivity contribution < 1.29 is 4.57 Å². The van der Waals surface area contributed by atoms with Crippen molar-refractivity contribution in [1.29, 1.82) is 0 Å². The van der Waals surface area contributed by atoms with Crippen LogP contribution in [0.5, 0.6) is 0 Å². The zero-order valence-electron chi connectivity index (χ0n) is 9.60. The quantitative estimate of drug-likeness (QED) is 0.364. The van der Waals surface area contributed by atoms with E-state index in [-0.39, 0.29) is 0 Å². The average Bonchev–Trinajstić information content (AvgIpc) is 2.44. The third-order valence-corrected chi connectivity index (χ3v) is 4.29. The molecule has 4 rings (SSSR count). The summed E-state index contributed by atoms with van der Waals surface area (Å²) in [5.41, 5.74) is 0. The molecule has 0 saturated carbocycles. The molecule has 0 aliphatic rings. The Labute approximate surface area is 106 Å². The van der Waals surface area contributed by atoms with Crippen molar-refractivity contribution in [2.45, 2.75) is 0 Å². The van der Waals surface area contributed by atoms with Gasteiger partial charge in [-0.15, -0.1) is 0 Å². The van der Waals surface area contributed by atoms with Crippen molar-refractivity contribution in [1.82, 2.24) is 0 Å². The molecule has 84 valence electrons. The maximum atomic E-state index is 11.3. The molecule has 0 aliphatic heterocycles. The van der Waals surface area contributed by atoms with Crippen LogP contribution in [-0.2, 0) is 4.57 Å². The summed E-state index contributed by atoms with van der Waals surface area (Å²) in [5, 5.41) is 8.27. The number of rotatable bonds is 1. The van der Waals surface area contributed by atoms with Gasteiger partial charge in [-0.3, -0.25) is 0 Å². The van der Waals surface area contributed by atoms with Gasteiger partial charge in [-0.05, 0) is 39.7 Å². The van der Waals surface area contributed by atoms with Crippen LogP contribution in [0.25, 0.3) is 32.3 Å². The molecule has 0 spiro atoms. The minimum atomic E-state index is -0.402. The second kappa shape index (κ2) is 3.51. The first-order valence-electron chi connectivity index (χ1n) is 5.93. The molecular formula is C16H10OP+. The summed E-state index contributed by atoms with van der Waals surface area (Å²) in [6, 6.07) is 18.9. The molecule has 4 aromatic rings. The van der Waals surface area contributed by atoms with Gasteiger partial charge in [0.2, 0.25) is 0 Å². The van der Waals surface area contributed by atoms with Crippen LogP contribution in [0.4, 0.5) is 0 Å². The van der Waals surface area contributed by atoms with Crippen LogP contribution in [0.2, 0.25) is 0 Å². The van der Waals surface area contributed by atoms with Gasteiger partial charge in [-0.2, -0.15) is 0 Å². The number of benzene rings is 4. The molecular weight excluding hydrogens is 239 g/mol. The maximum absolute atomic E-state index is 11.3. The van der Waals surface area contributed by atoms with Crippen LogP contribution in [0, 0.1) is 0 Å². The molecule has 0 fully saturated rings. The van der Waals surface area contributed by atoms with Crippen LogP contribution in [-0.4, -0.2) is 0 Å². The fraction of sp³-hybridized carbons (Fsp3) is 0. The monoisotopic (exact) mass is 249 g/mol. The van der Waals surface area contributed by atoms with E-state index in [0.717, 1.165) is 10.7 Å². The van der Waals surface area contributed by atoms with Crippen molar-refractivity contribution in [2.24, 2.45) is 0 Å². The molecule has 1 unspecified atom stereocenters. The van der Waals surface area contributed by atoms with Crippen molar-refractivity contribution in [3.05, 3.63) is 54.6 Å². The Morgan fingerprint density at radius 1 is 0.667 bits per heavy atom. The highest BCUT2D eigenvalue weighted by Gasteiger charge is 2.13. The molecule has 0 heterocycles. The summed E-state index contributed by atoms with van der Waals surface area (Å²) in [6.07, 6.45) is 0. The highest BCUT2D eigenvalue weighted by Crippen LogP contribution is 2.34. The molecule has 18 heavy (non-hydrogen) atoms. The SMILES string of the molecule is O=[PH+]c1ccc2ccc3cccc4ccc1c2c34. The van der Waals surface area contributed by atoms with Crippen molar-refractivity contribution >= 4 is 46.1 Å². The normalized spacial score (nSPS) is 12.0. The second-order valence-electron chi connectivity index (χ2n) is 4.57. The average molecular weight is 249 g/mol. The minimum absolute atomic E-state index is 0.402. The van der Waals surface area contributed by atoms with E-state index in [2.05, 4.69) is 48.5 Å². The van der Waals surface area contributed by atoms with Gasteiger partial charge in [0.1, 0.15) is 0 Å². The standard InChI is InChI=1S/C16H9OP/c17-18-14-9-7-12-5-4-10-2-1-3-11-6-8-13(14)16(12)15(10)11/h1-9H/p+1. The van der Waals surface area contributed by atoms with Crippen LogP contribution in [0.3, 0.4) is 0 Å². The predicted molar refractivity (Wildman–Crippen MR) is 78.8 cm³/mol. The smallest absolute Gasteiger partial charge is 0.0707 e. The molecule has 0 bridgehead atoms. The second-order valence-corrected chi connectivity index (χ2v) is 5.31. The van der Waals surface area contributed by atoms with Gasteiger partial charge in [0, 0.05) is 10.8 Å². The predicted octanol–water partition coefficient (Wildman–Crippen LogP) is 4.23. The summed E-state index contributed by atoms with van der Waals surface area (Å²) in [7, 11) is -0.402. The summed E-state index contributed by atoms with van der Waals surface area (Å²) >= 11 is 0. The van der Waals surface area contributed by atoms with Gasteiger partial charge in [0.25, 0.3) is 0 Å². The Balaban J connectivity index is 2.43. The topological polar surface area (TPSA) is 17.1 Å². The van der Waals surface area contributed by atoms with Crippen LogP contribution >= 0.6 is 8.46 Å². The third-order valence-electron chi connectivity index (χ3n) is 3.64. The molecule has 0 saturated heterocycles. The van der Waals surface area contributed by atoms with Crippen molar-refractivity contribution in [3.8, 4) is 0 Å². The van der Waals surface area contributed by atoms with Gasteiger partial charge in [-0.25, -0.2) is 0 Å². The largest absolute Gasteiger partial charge is 0.363 e. The molecule has 1 nitrogen and oxygen atoms in total. The fourth-order valence-corrected chi connectivity index (χ4v) is 3.29. The zero-order chi connectivity index (χ0) is 12.1. The molecule has 4 aromatic carbocycles. The van der Waals surface area contributed by atoms with E-state index in [1.807, 2.05) is 6.07 Å². The maximum Gasteiger partial charge on any atom is 0.363 e. The summed E-state index contributed by atoms with van der Waals surface area (Å²) in [4.78, 5) is 0. The van der Waals surface area contributed by atoms with E-state index < -0.39 is 8.46 Å². The van der Waals surface area contributed by atoms with Crippen LogP contribution < -0.4 is 5.30 Å². The molecule has 0 amide bonds. The lowest BCUT2D eigenvalue weighted by molar-refractivity contribution is 0.603. The van der Waals surface area contributed by atoms with Crippen LogP contribution in [0.1, 0.15) is 0 Å². The third kappa shape index (κ3) is 1.17. The molecule has 0 N–H and O–H groups in total. The van der Waals surface area contributed by atoms with Crippen molar-refractivity contribution in [2.75, 3.05) is 0 Å². The Morgan fingerprint density at radius 2 is 1.28 bits per heavy atom. The van der Waals surface area contributed by atoms with Crippen molar-refractivity contribution in [3.63, 3.8) is 0 Å². The van der Waals surface area contributed by atoms with E-state index in [1.54, 1.807) is 0 Å². The first-order chi connectivity index (χ1) is 8.88. The van der Waals surface area contributed by atoms with E-state index >= 15 is 0 Å². The molecule has 0 radical (unpaired) electrons. The lowest BCUT2D eigenvalue weighted by Gasteiger charge is -2.09. The van der Waals surface area contributed by atoms with Gasteiger partial charge in [0.15, 0.2) is 5.30 Å². The van der Waals surface area contributed by atoms with E-state index in [4.69, 9.17) is 0 Å². The minimum Gasteiger partial charge on any atom is -0.0707 e. The van der Waals surface area contributed by atoms with Gasteiger partial charge in [-0.1, -0.05) is 41.0 Å². The van der Waals surface area contributed by atoms with Crippen LogP contribution in [0.15, 0.2) is 54.6 Å². The molecule has 2 heteroatoms. The summed E-state index contributed by atoms with van der Waals surface area (Å²) in [6.45, 7) is 0. The zero-order valence-corrected chi connectivity index (χ0v) is 10.6. The first-order valence-corrected chi connectivity index (χ1v) is 6.84. The fourth-order valence-electron chi connectivity index (χ4n) is 2.82.